The molecule has 0 radical (unpaired) electrons. The molecule has 3 aliphatic rings. The van der Waals surface area contributed by atoms with Gasteiger partial charge in [-0.1, -0.05) is 6.42 Å². The molecule has 0 spiro atoms. The maximum Gasteiger partial charge on any atom is 0.216 e. The molecule has 0 amide bonds. The Kier molecular flexibility index (Phi) is 6.64. The molecule has 3 aliphatic heterocycles. The van der Waals surface area contributed by atoms with Gasteiger partial charge in [0.15, 0.2) is 0 Å². The van der Waals surface area contributed by atoms with Gasteiger partial charge < -0.3 is 19.3 Å². The Bertz CT molecular complexity index is 604. The summed E-state index contributed by atoms with van der Waals surface area (Å²) >= 11 is 0. The summed E-state index contributed by atoms with van der Waals surface area (Å²) in [7, 11) is 0. The van der Waals surface area contributed by atoms with E-state index in [-0.39, 0.29) is 6.04 Å². The molecule has 5 heteroatoms. The van der Waals surface area contributed by atoms with E-state index in [0.29, 0.717) is 6.61 Å². The van der Waals surface area contributed by atoms with E-state index in [1.165, 1.54) is 58.3 Å². The fourth-order valence-electron chi connectivity index (χ4n) is 4.29. The predicted molar refractivity (Wildman–Crippen MR) is 109 cm³/mol. The van der Waals surface area contributed by atoms with Gasteiger partial charge in [0, 0.05) is 18.7 Å². The van der Waals surface area contributed by atoms with Crippen LogP contribution in [0.25, 0.3) is 0 Å². The lowest BCUT2D eigenvalue weighted by atomic mass is 10.1. The fraction of sp³-hybridized carbons (Fsp3) is 0.682. The molecular weight excluding hydrogens is 338 g/mol. The third kappa shape index (κ3) is 5.45. The predicted octanol–water partition coefficient (Wildman–Crippen LogP) is 3.18. The minimum atomic E-state index is 0.281. The van der Waals surface area contributed by atoms with Crippen LogP contribution in [-0.2, 0) is 4.74 Å². The van der Waals surface area contributed by atoms with Crippen molar-refractivity contribution in [1.82, 2.24) is 9.80 Å². The maximum absolute atomic E-state index is 5.91. The van der Waals surface area contributed by atoms with Crippen molar-refractivity contribution in [3.05, 3.63) is 29.8 Å². The molecule has 1 unspecified atom stereocenters. The molecule has 4 rings (SSSR count). The summed E-state index contributed by atoms with van der Waals surface area (Å²) in [4.78, 5) is 9.85. The zero-order valence-corrected chi connectivity index (χ0v) is 16.4. The first-order valence-corrected chi connectivity index (χ1v) is 10.8. The van der Waals surface area contributed by atoms with Gasteiger partial charge in [-0.25, -0.2) is 4.99 Å². The topological polar surface area (TPSA) is 37.3 Å². The molecular formula is C22H33N3O2. The molecule has 0 saturated carbocycles. The third-order valence-electron chi connectivity index (χ3n) is 5.82. The minimum Gasteiger partial charge on any atom is -0.494 e. The van der Waals surface area contributed by atoms with Crippen molar-refractivity contribution < 1.29 is 9.47 Å². The maximum atomic E-state index is 5.91. The molecule has 148 valence electrons. The molecule has 1 aromatic carbocycles. The smallest absolute Gasteiger partial charge is 0.216 e. The molecule has 0 aromatic heterocycles. The van der Waals surface area contributed by atoms with Crippen LogP contribution in [-0.4, -0.2) is 74.2 Å². The average molecular weight is 372 g/mol. The molecule has 2 fully saturated rings. The highest BCUT2D eigenvalue weighted by Crippen LogP contribution is 2.18. The standard InChI is InChI=1S/C22H33N3O2/c1-2-11-24(12-3-1)15-6-16-26-21-9-7-19(8-10-21)22-23-20(18-27-22)17-25-13-4-5-14-25/h7-10,20H,1-6,11-18H2. The monoisotopic (exact) mass is 371 g/mol. The van der Waals surface area contributed by atoms with Crippen molar-refractivity contribution in [2.24, 2.45) is 4.99 Å². The van der Waals surface area contributed by atoms with Gasteiger partial charge in [0.2, 0.25) is 5.90 Å². The van der Waals surface area contributed by atoms with Crippen LogP contribution in [0.5, 0.6) is 5.75 Å². The van der Waals surface area contributed by atoms with Crippen LogP contribution < -0.4 is 4.74 Å². The molecule has 2 saturated heterocycles. The number of likely N-dealkylation sites (tertiary alicyclic amines) is 2. The van der Waals surface area contributed by atoms with E-state index in [9.17, 15) is 0 Å². The molecule has 0 N–H and O–H groups in total. The highest BCUT2D eigenvalue weighted by atomic mass is 16.5. The summed E-state index contributed by atoms with van der Waals surface area (Å²) in [6.07, 6.45) is 7.84. The van der Waals surface area contributed by atoms with Gasteiger partial charge in [0.1, 0.15) is 18.4 Å². The summed E-state index contributed by atoms with van der Waals surface area (Å²) in [5.74, 6) is 1.72. The van der Waals surface area contributed by atoms with Gasteiger partial charge in [0.05, 0.1) is 6.61 Å². The lowest BCUT2D eigenvalue weighted by Crippen LogP contribution is -2.31. The van der Waals surface area contributed by atoms with E-state index in [0.717, 1.165) is 43.3 Å². The van der Waals surface area contributed by atoms with Gasteiger partial charge >= 0.3 is 0 Å². The van der Waals surface area contributed by atoms with Crippen LogP contribution in [0.4, 0.5) is 0 Å². The fourth-order valence-corrected chi connectivity index (χ4v) is 4.29. The summed E-state index contributed by atoms with van der Waals surface area (Å²) in [5.41, 5.74) is 1.06. The van der Waals surface area contributed by atoms with E-state index in [1.807, 2.05) is 12.1 Å². The first-order valence-electron chi connectivity index (χ1n) is 10.8. The Morgan fingerprint density at radius 1 is 0.926 bits per heavy atom. The van der Waals surface area contributed by atoms with Gasteiger partial charge in [-0.3, -0.25) is 0 Å². The lowest BCUT2D eigenvalue weighted by molar-refractivity contribution is 0.205. The Morgan fingerprint density at radius 3 is 2.41 bits per heavy atom. The molecule has 0 bridgehead atoms. The van der Waals surface area contributed by atoms with Crippen molar-refractivity contribution in [3.63, 3.8) is 0 Å². The summed E-state index contributed by atoms with van der Waals surface area (Å²) in [5, 5.41) is 0. The SMILES string of the molecule is c1cc(C2=NC(CN3CCCC3)CO2)ccc1OCCCN1CCCCC1. The van der Waals surface area contributed by atoms with Crippen LogP contribution in [0.1, 0.15) is 44.1 Å². The number of hydrogen-bond donors (Lipinski definition) is 0. The molecule has 0 aliphatic carbocycles. The Labute approximate surface area is 163 Å². The summed E-state index contributed by atoms with van der Waals surface area (Å²) in [6, 6.07) is 8.49. The van der Waals surface area contributed by atoms with E-state index >= 15 is 0 Å². The second-order valence-corrected chi connectivity index (χ2v) is 8.04. The van der Waals surface area contributed by atoms with Gasteiger partial charge in [-0.15, -0.1) is 0 Å². The first-order chi connectivity index (χ1) is 13.4. The van der Waals surface area contributed by atoms with Crippen molar-refractivity contribution in [2.45, 2.75) is 44.6 Å². The average Bonchev–Trinajstić information content (AvgIpc) is 3.39. The second-order valence-electron chi connectivity index (χ2n) is 8.04. The Balaban J connectivity index is 1.20. The van der Waals surface area contributed by atoms with Crippen LogP contribution in [0.3, 0.4) is 0 Å². The highest BCUT2D eigenvalue weighted by Gasteiger charge is 2.23. The minimum absolute atomic E-state index is 0.281. The molecule has 27 heavy (non-hydrogen) atoms. The van der Waals surface area contributed by atoms with Crippen molar-refractivity contribution in [3.8, 4) is 5.75 Å². The van der Waals surface area contributed by atoms with Crippen molar-refractivity contribution in [1.29, 1.82) is 0 Å². The van der Waals surface area contributed by atoms with Crippen molar-refractivity contribution in [2.75, 3.05) is 52.5 Å². The zero-order valence-electron chi connectivity index (χ0n) is 16.4. The summed E-state index contributed by atoms with van der Waals surface area (Å²) < 4.78 is 11.8. The van der Waals surface area contributed by atoms with Gasteiger partial charge in [-0.05, 0) is 82.5 Å². The van der Waals surface area contributed by atoms with Crippen LogP contribution >= 0.6 is 0 Å². The number of hydrogen-bond acceptors (Lipinski definition) is 5. The van der Waals surface area contributed by atoms with E-state index in [4.69, 9.17) is 14.5 Å². The van der Waals surface area contributed by atoms with Gasteiger partial charge in [0.25, 0.3) is 0 Å². The molecule has 1 aromatic rings. The Hall–Kier alpha value is -1.59. The van der Waals surface area contributed by atoms with Crippen LogP contribution in [0.15, 0.2) is 29.3 Å². The zero-order chi connectivity index (χ0) is 18.3. The number of nitrogens with zero attached hydrogens (tertiary/aromatic N) is 3. The van der Waals surface area contributed by atoms with Crippen molar-refractivity contribution >= 4 is 5.90 Å². The molecule has 1 atom stereocenters. The molecule has 3 heterocycles. The number of ether oxygens (including phenoxy) is 2. The number of benzene rings is 1. The number of aliphatic imine (C=N–C) groups is 1. The largest absolute Gasteiger partial charge is 0.494 e. The number of piperidine rings is 1. The van der Waals surface area contributed by atoms with E-state index < -0.39 is 0 Å². The quantitative estimate of drug-likeness (QED) is 0.658. The third-order valence-corrected chi connectivity index (χ3v) is 5.82. The summed E-state index contributed by atoms with van der Waals surface area (Å²) in [6.45, 7) is 8.62. The Morgan fingerprint density at radius 2 is 1.63 bits per heavy atom. The second kappa shape index (κ2) is 9.56. The first kappa shape index (κ1) is 18.8. The van der Waals surface area contributed by atoms with E-state index in [1.54, 1.807) is 0 Å². The van der Waals surface area contributed by atoms with Crippen LogP contribution in [0.2, 0.25) is 0 Å². The highest BCUT2D eigenvalue weighted by molar-refractivity contribution is 5.95. The van der Waals surface area contributed by atoms with Gasteiger partial charge in [-0.2, -0.15) is 0 Å². The number of rotatable bonds is 8. The molecule has 5 nitrogen and oxygen atoms in total. The lowest BCUT2D eigenvalue weighted by Gasteiger charge is -2.26. The van der Waals surface area contributed by atoms with Crippen LogP contribution in [0, 0.1) is 0 Å². The normalized spacial score (nSPS) is 24.0. The van der Waals surface area contributed by atoms with E-state index in [2.05, 4.69) is 21.9 Å².